The summed E-state index contributed by atoms with van der Waals surface area (Å²) in [6.45, 7) is 0.175. The van der Waals surface area contributed by atoms with Crippen molar-refractivity contribution in [2.45, 2.75) is 6.54 Å². The summed E-state index contributed by atoms with van der Waals surface area (Å²) in [7, 11) is 1.28. The smallest absolute Gasteiger partial charge is 0.407 e. The normalized spacial score (nSPS) is 10.4. The third-order valence-electron chi connectivity index (χ3n) is 3.38. The average molecular weight is 325 g/mol. The Morgan fingerprint density at radius 2 is 2.12 bits per heavy atom. The van der Waals surface area contributed by atoms with Crippen LogP contribution in [0.4, 0.5) is 10.5 Å². The SMILES string of the molecule is COC(=O)NCc1cc(C(=O)Nc2ccc3[nH]ncc3c2)ccn1. The van der Waals surface area contributed by atoms with Crippen LogP contribution in [0.3, 0.4) is 0 Å². The maximum atomic E-state index is 12.4. The lowest BCUT2D eigenvalue weighted by Crippen LogP contribution is -2.23. The molecule has 0 spiro atoms. The van der Waals surface area contributed by atoms with Crippen molar-refractivity contribution in [3.8, 4) is 0 Å². The lowest BCUT2D eigenvalue weighted by Gasteiger charge is -2.07. The van der Waals surface area contributed by atoms with E-state index in [-0.39, 0.29) is 12.5 Å². The molecule has 0 saturated carbocycles. The van der Waals surface area contributed by atoms with Gasteiger partial charge >= 0.3 is 6.09 Å². The summed E-state index contributed by atoms with van der Waals surface area (Å²) >= 11 is 0. The minimum atomic E-state index is -0.555. The van der Waals surface area contributed by atoms with Gasteiger partial charge in [-0.3, -0.25) is 14.9 Å². The molecule has 3 aromatic rings. The Kier molecular flexibility index (Phi) is 4.37. The van der Waals surface area contributed by atoms with Gasteiger partial charge in [0.2, 0.25) is 0 Å². The van der Waals surface area contributed by atoms with Crippen molar-refractivity contribution in [2.75, 3.05) is 12.4 Å². The first-order chi connectivity index (χ1) is 11.7. The number of amides is 2. The summed E-state index contributed by atoms with van der Waals surface area (Å²) < 4.78 is 4.49. The monoisotopic (exact) mass is 325 g/mol. The molecule has 2 heterocycles. The Bertz CT molecular complexity index is 890. The van der Waals surface area contributed by atoms with Gasteiger partial charge in [0.25, 0.3) is 5.91 Å². The van der Waals surface area contributed by atoms with Gasteiger partial charge in [0.15, 0.2) is 0 Å². The number of hydrogen-bond donors (Lipinski definition) is 3. The van der Waals surface area contributed by atoms with E-state index >= 15 is 0 Å². The van der Waals surface area contributed by atoms with Gasteiger partial charge < -0.3 is 15.4 Å². The number of ether oxygens (including phenoxy) is 1. The number of carbonyl (C=O) groups excluding carboxylic acids is 2. The fourth-order valence-electron chi connectivity index (χ4n) is 2.17. The second-order valence-electron chi connectivity index (χ2n) is 5.01. The molecule has 3 rings (SSSR count). The first-order valence-electron chi connectivity index (χ1n) is 7.17. The second kappa shape index (κ2) is 6.78. The molecule has 0 radical (unpaired) electrons. The molecule has 3 N–H and O–H groups in total. The van der Waals surface area contributed by atoms with Crippen LogP contribution in [-0.2, 0) is 11.3 Å². The van der Waals surface area contributed by atoms with Crippen molar-refractivity contribution in [3.63, 3.8) is 0 Å². The lowest BCUT2D eigenvalue weighted by molar-refractivity contribution is 0.102. The molecule has 2 amide bonds. The molecular weight excluding hydrogens is 310 g/mol. The highest BCUT2D eigenvalue weighted by molar-refractivity contribution is 6.05. The molecule has 0 fully saturated rings. The molecule has 0 aliphatic heterocycles. The second-order valence-corrected chi connectivity index (χ2v) is 5.01. The average Bonchev–Trinajstić information content (AvgIpc) is 3.07. The number of fused-ring (bicyclic) bond motifs is 1. The van der Waals surface area contributed by atoms with E-state index in [9.17, 15) is 9.59 Å². The highest BCUT2D eigenvalue weighted by Crippen LogP contribution is 2.17. The molecule has 2 aromatic heterocycles. The number of methoxy groups -OCH3 is 1. The number of benzene rings is 1. The van der Waals surface area contributed by atoms with Crippen molar-refractivity contribution in [3.05, 3.63) is 54.0 Å². The number of anilines is 1. The van der Waals surface area contributed by atoms with E-state index in [0.29, 0.717) is 16.9 Å². The quantitative estimate of drug-likeness (QED) is 0.680. The van der Waals surface area contributed by atoms with Crippen molar-refractivity contribution in [1.29, 1.82) is 0 Å². The van der Waals surface area contributed by atoms with E-state index in [4.69, 9.17) is 0 Å². The zero-order valence-electron chi connectivity index (χ0n) is 12.9. The van der Waals surface area contributed by atoms with Crippen LogP contribution in [0.1, 0.15) is 16.1 Å². The molecular formula is C16H15N5O3. The van der Waals surface area contributed by atoms with Crippen molar-refractivity contribution in [1.82, 2.24) is 20.5 Å². The number of carbonyl (C=O) groups is 2. The molecule has 0 aliphatic carbocycles. The summed E-state index contributed by atoms with van der Waals surface area (Å²) in [5, 5.41) is 13.0. The number of aromatic nitrogens is 3. The van der Waals surface area contributed by atoms with Gasteiger partial charge in [-0.1, -0.05) is 0 Å². The van der Waals surface area contributed by atoms with E-state index in [1.165, 1.54) is 13.3 Å². The maximum absolute atomic E-state index is 12.4. The topological polar surface area (TPSA) is 109 Å². The Balaban J connectivity index is 1.71. The number of hydrogen-bond acceptors (Lipinski definition) is 5. The van der Waals surface area contributed by atoms with Gasteiger partial charge in [-0.05, 0) is 30.3 Å². The van der Waals surface area contributed by atoms with Crippen LogP contribution in [0.5, 0.6) is 0 Å². The van der Waals surface area contributed by atoms with Crippen LogP contribution in [0.15, 0.2) is 42.7 Å². The molecule has 8 heteroatoms. The number of aromatic amines is 1. The third-order valence-corrected chi connectivity index (χ3v) is 3.38. The number of nitrogens with zero attached hydrogens (tertiary/aromatic N) is 2. The van der Waals surface area contributed by atoms with Gasteiger partial charge in [0.1, 0.15) is 0 Å². The lowest BCUT2D eigenvalue weighted by atomic mass is 10.2. The summed E-state index contributed by atoms with van der Waals surface area (Å²) in [4.78, 5) is 27.5. The zero-order valence-corrected chi connectivity index (χ0v) is 12.9. The van der Waals surface area contributed by atoms with E-state index < -0.39 is 6.09 Å². The number of rotatable bonds is 4. The molecule has 0 aliphatic rings. The van der Waals surface area contributed by atoms with Gasteiger partial charge in [0, 0.05) is 22.8 Å². The summed E-state index contributed by atoms with van der Waals surface area (Å²) in [5.41, 5.74) is 2.56. The summed E-state index contributed by atoms with van der Waals surface area (Å²) in [6, 6.07) is 8.68. The fraction of sp³-hybridized carbons (Fsp3) is 0.125. The number of H-pyrrole nitrogens is 1. The Hall–Kier alpha value is -3.42. The van der Waals surface area contributed by atoms with E-state index in [0.717, 1.165) is 10.9 Å². The zero-order chi connectivity index (χ0) is 16.9. The molecule has 0 unspecified atom stereocenters. The molecule has 8 nitrogen and oxygen atoms in total. The Morgan fingerprint density at radius 1 is 1.25 bits per heavy atom. The van der Waals surface area contributed by atoms with Crippen molar-refractivity contribution in [2.24, 2.45) is 0 Å². The number of pyridine rings is 1. The van der Waals surface area contributed by atoms with Gasteiger partial charge in [-0.2, -0.15) is 5.10 Å². The minimum absolute atomic E-state index is 0.175. The fourth-order valence-corrected chi connectivity index (χ4v) is 2.17. The molecule has 0 saturated heterocycles. The van der Waals surface area contributed by atoms with Gasteiger partial charge in [-0.25, -0.2) is 4.79 Å². The predicted molar refractivity (Wildman–Crippen MR) is 87.5 cm³/mol. The highest BCUT2D eigenvalue weighted by Gasteiger charge is 2.09. The van der Waals surface area contributed by atoms with Crippen molar-refractivity contribution < 1.29 is 14.3 Å². The van der Waals surface area contributed by atoms with Gasteiger partial charge in [-0.15, -0.1) is 0 Å². The van der Waals surface area contributed by atoms with Crippen LogP contribution in [0, 0.1) is 0 Å². The summed E-state index contributed by atoms with van der Waals surface area (Å²) in [5.74, 6) is -0.264. The van der Waals surface area contributed by atoms with E-state index in [1.54, 1.807) is 24.4 Å². The first-order valence-corrected chi connectivity index (χ1v) is 7.17. The van der Waals surface area contributed by atoms with Crippen molar-refractivity contribution >= 4 is 28.6 Å². The Morgan fingerprint density at radius 3 is 2.96 bits per heavy atom. The largest absolute Gasteiger partial charge is 0.453 e. The predicted octanol–water partition coefficient (Wildman–Crippen LogP) is 2.07. The third kappa shape index (κ3) is 3.49. The van der Waals surface area contributed by atoms with E-state index in [2.05, 4.69) is 30.6 Å². The Labute approximate surface area is 137 Å². The highest BCUT2D eigenvalue weighted by atomic mass is 16.5. The standard InChI is InChI=1S/C16H15N5O3/c1-24-16(23)18-9-13-6-10(4-5-17-13)15(22)20-12-2-3-14-11(7-12)8-19-21-14/h2-8H,9H2,1H3,(H,18,23)(H,19,21)(H,20,22). The maximum Gasteiger partial charge on any atom is 0.407 e. The van der Waals surface area contributed by atoms with Crippen LogP contribution < -0.4 is 10.6 Å². The molecule has 0 atom stereocenters. The number of nitrogens with one attached hydrogen (secondary N) is 3. The van der Waals surface area contributed by atoms with E-state index in [1.807, 2.05) is 12.1 Å². The summed E-state index contributed by atoms with van der Waals surface area (Å²) in [6.07, 6.45) is 2.65. The van der Waals surface area contributed by atoms with Crippen LogP contribution in [0.2, 0.25) is 0 Å². The van der Waals surface area contributed by atoms with Crippen LogP contribution in [-0.4, -0.2) is 34.3 Å². The molecule has 1 aromatic carbocycles. The van der Waals surface area contributed by atoms with Crippen LogP contribution in [0.25, 0.3) is 10.9 Å². The van der Waals surface area contributed by atoms with Crippen LogP contribution >= 0.6 is 0 Å². The molecule has 122 valence electrons. The van der Waals surface area contributed by atoms with Gasteiger partial charge in [0.05, 0.1) is 31.1 Å². The minimum Gasteiger partial charge on any atom is -0.453 e. The molecule has 24 heavy (non-hydrogen) atoms. The number of alkyl carbamates (subject to hydrolysis) is 1. The first kappa shape index (κ1) is 15.5. The molecule has 0 bridgehead atoms.